The first kappa shape index (κ1) is 71.2. The molecule has 0 aliphatic rings. The predicted octanol–water partition coefficient (Wildman–Crippen LogP) is 0.411. The maximum Gasteiger partial charge on any atom is 0.337 e. The van der Waals surface area contributed by atoms with Gasteiger partial charge < -0.3 is 93.2 Å². The topological polar surface area (TPSA) is 417 Å². The first-order chi connectivity index (χ1) is 33.7. The largest absolute Gasteiger partial charge is 0.478 e. The molecule has 2 rings (SSSR count). The average Bonchev–Trinajstić information content (AvgIpc) is 3.33. The summed E-state index contributed by atoms with van der Waals surface area (Å²) in [6, 6.07) is 0. The van der Waals surface area contributed by atoms with Crippen molar-refractivity contribution in [2.75, 3.05) is 65.1 Å². The van der Waals surface area contributed by atoms with E-state index < -0.39 is 85.8 Å². The van der Waals surface area contributed by atoms with E-state index in [4.69, 9.17) is 40.9 Å². The monoisotopic (exact) mass is 1700 g/mol. The molecule has 410 valence electrons. The van der Waals surface area contributed by atoms with Crippen LogP contribution in [0.1, 0.15) is 92.8 Å². The number of hydrogen-bond donors (Lipinski definition) is 18. The molecule has 30 heteroatoms. The van der Waals surface area contributed by atoms with Gasteiger partial charge in [0.2, 0.25) is 11.8 Å². The molecule has 0 radical (unpaired) electrons. The maximum absolute atomic E-state index is 12.7. The van der Waals surface area contributed by atoms with E-state index in [1.54, 1.807) is 14.1 Å². The van der Waals surface area contributed by atoms with Gasteiger partial charge >= 0.3 is 11.9 Å². The number of aliphatic hydroxyl groups excluding tert-OH is 10. The van der Waals surface area contributed by atoms with Gasteiger partial charge in [0.15, 0.2) is 0 Å². The van der Waals surface area contributed by atoms with Crippen LogP contribution < -0.4 is 31.9 Å². The lowest BCUT2D eigenvalue weighted by atomic mass is 10.0. The van der Waals surface area contributed by atoms with Crippen LogP contribution in [-0.2, 0) is 9.59 Å². The molecule has 2 aromatic carbocycles. The molecule has 0 saturated carbocycles. The van der Waals surface area contributed by atoms with Crippen molar-refractivity contribution in [3.8, 4) is 0 Å². The molecule has 8 atom stereocenters. The quantitative estimate of drug-likeness (QED) is 0.0425. The van der Waals surface area contributed by atoms with E-state index >= 15 is 0 Å². The fourth-order valence-electron chi connectivity index (χ4n) is 6.04. The molecule has 0 bridgehead atoms. The molecular weight excluding hydrogens is 1640 g/mol. The van der Waals surface area contributed by atoms with E-state index in [0.29, 0.717) is 45.6 Å². The van der Waals surface area contributed by atoms with Crippen LogP contribution in [-0.4, -0.2) is 200 Å². The van der Waals surface area contributed by atoms with Crippen LogP contribution in [0.3, 0.4) is 0 Å². The number of unbranched alkanes of at least 4 members (excludes halogenated alkanes) is 5. The predicted molar refractivity (Wildman–Crippen MR) is 314 cm³/mol. The number of aliphatic hydroxyl groups is 10. The van der Waals surface area contributed by atoms with Crippen LogP contribution in [0.15, 0.2) is 0 Å². The minimum atomic E-state index is -1.55. The van der Waals surface area contributed by atoms with Crippen molar-refractivity contribution in [3.05, 3.63) is 43.7 Å². The summed E-state index contributed by atoms with van der Waals surface area (Å²) >= 11 is 11.3. The maximum atomic E-state index is 12.7. The second kappa shape index (κ2) is 37.1. The number of benzene rings is 2. The number of rotatable bonds is 27. The van der Waals surface area contributed by atoms with Crippen molar-refractivity contribution in [3.63, 3.8) is 0 Å². The Hall–Kier alpha value is -0.840. The van der Waals surface area contributed by atoms with E-state index in [-0.39, 0.29) is 60.0 Å². The molecule has 72 heavy (non-hydrogen) atoms. The molecule has 0 heterocycles. The Morgan fingerprint density at radius 2 is 0.681 bits per heavy atom. The normalized spacial score (nSPS) is 14.3. The van der Waals surface area contributed by atoms with Gasteiger partial charge in [0.05, 0.1) is 73.3 Å². The van der Waals surface area contributed by atoms with Crippen LogP contribution in [0, 0.1) is 21.4 Å². The van der Waals surface area contributed by atoms with Crippen molar-refractivity contribution in [1.82, 2.24) is 21.3 Å². The highest BCUT2D eigenvalue weighted by Crippen LogP contribution is 2.37. The lowest BCUT2D eigenvalue weighted by molar-refractivity contribution is -0.117. The first-order valence-corrected chi connectivity index (χ1v) is 28.0. The molecule has 0 fully saturated rings. The Kier molecular flexibility index (Phi) is 36.6. The Bertz CT molecular complexity index is 1990. The number of halogens is 6. The molecule has 0 saturated heterocycles. The van der Waals surface area contributed by atoms with Gasteiger partial charge in [-0.15, -0.1) is 0 Å². The molecule has 0 aliphatic carbocycles. The lowest BCUT2D eigenvalue weighted by Gasteiger charge is -2.25. The SMILES string of the molecule is CNC(=O)c1c(I)c(NC(=O)CCCCCCCCC(=O)Nc2c(I)c(C(=O)O)c(I)c(C(=O)NC)c2I)c(I)c(C(=O)O)c1I.CNC[C@H](O)[C@@H](O)[C@H](O)[C@H](O)CO.CNC[C@H](O)[C@@H](O)[C@H](O)[C@H](O)CO. The minimum Gasteiger partial charge on any atom is -0.478 e. The fourth-order valence-corrected chi connectivity index (χ4v) is 14.8. The summed E-state index contributed by atoms with van der Waals surface area (Å²) in [5.41, 5.74) is 0.940. The summed E-state index contributed by atoms with van der Waals surface area (Å²) < 4.78 is 2.24. The number of carbonyl (C=O) groups excluding carboxylic acids is 4. The summed E-state index contributed by atoms with van der Waals surface area (Å²) in [5, 5.41) is 125. The summed E-state index contributed by atoms with van der Waals surface area (Å²) in [6.07, 6.45) is -6.36. The van der Waals surface area contributed by atoms with Gasteiger partial charge in [0.25, 0.3) is 11.8 Å². The van der Waals surface area contributed by atoms with Crippen LogP contribution >= 0.6 is 136 Å². The van der Waals surface area contributed by atoms with E-state index in [0.717, 1.165) is 25.7 Å². The number of nitrogens with one attached hydrogen (secondary N) is 6. The number of anilines is 2. The zero-order valence-corrected chi connectivity index (χ0v) is 52.1. The smallest absolute Gasteiger partial charge is 0.337 e. The standard InChI is InChI=1S/C28H28I6N4O8.2C7H17NO5/c1-35-25(41)13-17(29)15(27(43)44)21(33)23(19(13)31)37-11(39)9-7-5-3-4-6-8-10-12(40)38-24-20(32)14(26(42)36-2)18(30)16(22(24)34)28(45)46;2*1-8-2-4(10)6(12)7(13)5(11)3-9/h3-10H2,1-2H3,(H,35,41)(H,36,42)(H,37,39)(H,38,40)(H,43,44)(H,45,46);2*4-13H,2-3H2,1H3/t;2*4-,5+,6+,7+/m.00/s1. The van der Waals surface area contributed by atoms with Gasteiger partial charge in [-0.1, -0.05) is 25.7 Å². The number of amides is 4. The summed E-state index contributed by atoms with van der Waals surface area (Å²) in [7, 11) is 6.06. The zero-order chi connectivity index (χ0) is 55.7. The molecule has 24 nitrogen and oxygen atoms in total. The molecule has 2 aromatic rings. The third kappa shape index (κ3) is 22.3. The van der Waals surface area contributed by atoms with Gasteiger partial charge in [0.1, 0.15) is 36.6 Å². The third-order valence-corrected chi connectivity index (χ3v) is 16.5. The third-order valence-electron chi connectivity index (χ3n) is 10.0. The van der Waals surface area contributed by atoms with Crippen molar-refractivity contribution in [2.45, 2.75) is 100 Å². The second-order valence-electron chi connectivity index (χ2n) is 15.3. The summed E-state index contributed by atoms with van der Waals surface area (Å²) in [6.45, 7) is -1.14. The molecule has 0 unspecified atom stereocenters. The number of carboxylic acids is 2. The van der Waals surface area contributed by atoms with Gasteiger partial charge in [0, 0.05) is 47.2 Å². The van der Waals surface area contributed by atoms with E-state index in [1.165, 1.54) is 14.1 Å². The molecule has 0 aromatic heterocycles. The van der Waals surface area contributed by atoms with E-state index in [9.17, 15) is 49.2 Å². The van der Waals surface area contributed by atoms with Gasteiger partial charge in [-0.3, -0.25) is 19.2 Å². The Morgan fingerprint density at radius 3 is 0.931 bits per heavy atom. The summed E-state index contributed by atoms with van der Waals surface area (Å²) in [5.74, 6) is -3.82. The van der Waals surface area contributed by atoms with Crippen LogP contribution in [0.5, 0.6) is 0 Å². The lowest BCUT2D eigenvalue weighted by Crippen LogP contribution is -2.48. The van der Waals surface area contributed by atoms with E-state index in [1.807, 2.05) is 136 Å². The van der Waals surface area contributed by atoms with Crippen molar-refractivity contribution >= 4 is 182 Å². The fraction of sp³-hybridized carbons (Fsp3) is 0.571. The first-order valence-electron chi connectivity index (χ1n) is 21.6. The van der Waals surface area contributed by atoms with Crippen LogP contribution in [0.2, 0.25) is 0 Å². The van der Waals surface area contributed by atoms with Crippen molar-refractivity contribution in [1.29, 1.82) is 0 Å². The summed E-state index contributed by atoms with van der Waals surface area (Å²) in [4.78, 5) is 74.2. The number of carbonyl (C=O) groups is 6. The number of hydrogen-bond acceptors (Lipinski definition) is 18. The molecular formula is C42H62I6N6O18. The Labute approximate surface area is 497 Å². The highest BCUT2D eigenvalue weighted by atomic mass is 127. The van der Waals surface area contributed by atoms with Gasteiger partial charge in [-0.05, 0) is 162 Å². The molecule has 4 amide bonds. The molecule has 0 aliphatic heterocycles. The highest BCUT2D eigenvalue weighted by molar-refractivity contribution is 14.1. The molecule has 0 spiro atoms. The second-order valence-corrected chi connectivity index (χ2v) is 21.8. The van der Waals surface area contributed by atoms with Crippen molar-refractivity contribution in [2.24, 2.45) is 0 Å². The van der Waals surface area contributed by atoms with Crippen LogP contribution in [0.25, 0.3) is 0 Å². The minimum absolute atomic E-state index is 0.0362. The van der Waals surface area contributed by atoms with E-state index in [2.05, 4.69) is 31.9 Å². The number of aromatic carboxylic acids is 2. The zero-order valence-electron chi connectivity index (χ0n) is 39.2. The van der Waals surface area contributed by atoms with Crippen molar-refractivity contribution < 1.29 is 90.0 Å². The Balaban J connectivity index is 0.00000157. The van der Waals surface area contributed by atoms with Gasteiger partial charge in [-0.2, -0.15) is 0 Å². The number of likely N-dealkylation sites (N-methyl/N-ethyl adjacent to an activating group) is 2. The Morgan fingerprint density at radius 1 is 0.417 bits per heavy atom. The molecule has 18 N–H and O–H groups in total. The highest BCUT2D eigenvalue weighted by Gasteiger charge is 2.32. The average molecular weight is 1700 g/mol. The van der Waals surface area contributed by atoms with Gasteiger partial charge in [-0.25, -0.2) is 9.59 Å². The number of carboxylic acid groups (broad SMARTS) is 2. The van der Waals surface area contributed by atoms with Crippen LogP contribution in [0.4, 0.5) is 11.4 Å².